The average molecular weight is 201 g/mol. The van der Waals surface area contributed by atoms with E-state index in [2.05, 4.69) is 5.73 Å². The summed E-state index contributed by atoms with van der Waals surface area (Å²) in [5.74, 6) is -2.95. The highest BCUT2D eigenvalue weighted by atomic mass is 19.1. The van der Waals surface area contributed by atoms with Crippen molar-refractivity contribution in [1.29, 1.82) is 0 Å². The first-order chi connectivity index (χ1) is 6.52. The molecule has 0 amide bonds. The molecule has 0 aliphatic rings. The van der Waals surface area contributed by atoms with E-state index in [9.17, 15) is 18.7 Å². The van der Waals surface area contributed by atoms with Crippen molar-refractivity contribution in [3.8, 4) is 0 Å². The Labute approximate surface area is 79.2 Å². The third-order valence-electron chi connectivity index (χ3n) is 1.82. The van der Waals surface area contributed by atoms with Crippen LogP contribution >= 0.6 is 0 Å². The first-order valence-corrected chi connectivity index (χ1v) is 3.99. The minimum atomic E-state index is -1.38. The Morgan fingerprint density at radius 3 is 2.36 bits per heavy atom. The number of aliphatic carboxylic acids is 1. The van der Waals surface area contributed by atoms with Crippen molar-refractivity contribution in [3.05, 3.63) is 35.4 Å². The molecule has 0 unspecified atom stereocenters. The van der Waals surface area contributed by atoms with Gasteiger partial charge in [0.1, 0.15) is 17.7 Å². The Bertz CT molecular complexity index is 334. The molecule has 76 valence electrons. The van der Waals surface area contributed by atoms with Crippen LogP contribution in [0.15, 0.2) is 18.2 Å². The third-order valence-corrected chi connectivity index (χ3v) is 1.82. The zero-order valence-corrected chi connectivity index (χ0v) is 7.30. The SMILES string of the molecule is [NH3+][C@H](CC(=O)[O-])c1c(F)cccc1F. The molecule has 0 aliphatic heterocycles. The van der Waals surface area contributed by atoms with Crippen molar-refractivity contribution in [2.45, 2.75) is 12.5 Å². The van der Waals surface area contributed by atoms with Crippen molar-refractivity contribution >= 4 is 5.97 Å². The highest BCUT2D eigenvalue weighted by Crippen LogP contribution is 2.19. The molecule has 3 nitrogen and oxygen atoms in total. The molecule has 0 saturated carbocycles. The molecule has 0 fully saturated rings. The molecule has 1 aromatic carbocycles. The summed E-state index contributed by atoms with van der Waals surface area (Å²) in [5.41, 5.74) is 3.06. The van der Waals surface area contributed by atoms with Crippen LogP contribution in [0.1, 0.15) is 18.0 Å². The molecule has 5 heteroatoms. The predicted molar refractivity (Wildman–Crippen MR) is 41.6 cm³/mol. The number of benzene rings is 1. The smallest absolute Gasteiger partial charge is 0.135 e. The summed E-state index contributed by atoms with van der Waals surface area (Å²) < 4.78 is 26.1. The zero-order valence-electron chi connectivity index (χ0n) is 7.30. The van der Waals surface area contributed by atoms with Crippen molar-refractivity contribution in [1.82, 2.24) is 0 Å². The molecule has 14 heavy (non-hydrogen) atoms. The monoisotopic (exact) mass is 201 g/mol. The lowest BCUT2D eigenvalue weighted by molar-refractivity contribution is -0.431. The van der Waals surface area contributed by atoms with E-state index < -0.39 is 30.1 Å². The van der Waals surface area contributed by atoms with Gasteiger partial charge >= 0.3 is 0 Å². The standard InChI is InChI=1S/C9H9F2NO2/c10-5-2-1-3-6(11)9(5)7(12)4-8(13)14/h1-3,7H,4,12H2,(H,13,14)/t7-/m1/s1. The second-order valence-electron chi connectivity index (χ2n) is 2.91. The van der Waals surface area contributed by atoms with E-state index in [0.29, 0.717) is 0 Å². The molecule has 0 heterocycles. The van der Waals surface area contributed by atoms with Crippen molar-refractivity contribution in [2.24, 2.45) is 0 Å². The van der Waals surface area contributed by atoms with E-state index in [0.717, 1.165) is 12.1 Å². The summed E-state index contributed by atoms with van der Waals surface area (Å²) in [6.45, 7) is 0. The Hall–Kier alpha value is -1.49. The molecule has 0 aromatic heterocycles. The Morgan fingerprint density at radius 1 is 1.43 bits per heavy atom. The number of rotatable bonds is 3. The van der Waals surface area contributed by atoms with E-state index in [-0.39, 0.29) is 5.56 Å². The van der Waals surface area contributed by atoms with Gasteiger partial charge in [0, 0.05) is 12.4 Å². The molecule has 0 saturated heterocycles. The number of carbonyl (C=O) groups excluding carboxylic acids is 1. The normalized spacial score (nSPS) is 12.5. The Morgan fingerprint density at radius 2 is 1.93 bits per heavy atom. The maximum Gasteiger partial charge on any atom is 0.135 e. The first kappa shape index (κ1) is 10.6. The van der Waals surface area contributed by atoms with Crippen LogP contribution in [-0.2, 0) is 4.79 Å². The fourth-order valence-corrected chi connectivity index (χ4v) is 1.20. The van der Waals surface area contributed by atoms with E-state index >= 15 is 0 Å². The lowest BCUT2D eigenvalue weighted by Gasteiger charge is -2.10. The van der Waals surface area contributed by atoms with Crippen LogP contribution in [0.3, 0.4) is 0 Å². The summed E-state index contributed by atoms with van der Waals surface area (Å²) in [4.78, 5) is 10.2. The summed E-state index contributed by atoms with van der Waals surface area (Å²) >= 11 is 0. The summed E-state index contributed by atoms with van der Waals surface area (Å²) in [6, 6.07) is 2.36. The topological polar surface area (TPSA) is 67.8 Å². The van der Waals surface area contributed by atoms with Gasteiger partial charge in [0.05, 0.1) is 5.56 Å². The minimum Gasteiger partial charge on any atom is -0.550 e. The van der Waals surface area contributed by atoms with Crippen LogP contribution in [0.25, 0.3) is 0 Å². The van der Waals surface area contributed by atoms with Gasteiger partial charge in [-0.15, -0.1) is 0 Å². The van der Waals surface area contributed by atoms with Gasteiger partial charge in [-0.05, 0) is 12.1 Å². The van der Waals surface area contributed by atoms with E-state index in [1.54, 1.807) is 0 Å². The summed E-state index contributed by atoms with van der Waals surface area (Å²) in [7, 11) is 0. The maximum absolute atomic E-state index is 13.1. The number of carboxylic acid groups (broad SMARTS) is 1. The van der Waals surface area contributed by atoms with Crippen LogP contribution in [0.5, 0.6) is 0 Å². The number of hydrogen-bond donors (Lipinski definition) is 1. The fourth-order valence-electron chi connectivity index (χ4n) is 1.20. The largest absolute Gasteiger partial charge is 0.550 e. The lowest BCUT2D eigenvalue weighted by Crippen LogP contribution is -2.56. The van der Waals surface area contributed by atoms with E-state index in [1.807, 2.05) is 0 Å². The van der Waals surface area contributed by atoms with Gasteiger partial charge in [-0.25, -0.2) is 8.78 Å². The average Bonchev–Trinajstić information content (AvgIpc) is 2.01. The Kier molecular flexibility index (Phi) is 3.14. The predicted octanol–water partition coefficient (Wildman–Crippen LogP) is -0.612. The van der Waals surface area contributed by atoms with Gasteiger partial charge in [0.2, 0.25) is 0 Å². The van der Waals surface area contributed by atoms with Crippen molar-refractivity contribution < 1.29 is 24.4 Å². The third kappa shape index (κ3) is 2.26. The highest BCUT2D eigenvalue weighted by Gasteiger charge is 2.19. The molecule has 0 bridgehead atoms. The second kappa shape index (κ2) is 4.15. The summed E-state index contributed by atoms with van der Waals surface area (Å²) in [5, 5.41) is 10.2. The van der Waals surface area contributed by atoms with Gasteiger partial charge in [-0.3, -0.25) is 0 Å². The molecule has 0 radical (unpaired) electrons. The van der Waals surface area contributed by atoms with Crippen LogP contribution in [0, 0.1) is 11.6 Å². The van der Waals surface area contributed by atoms with Gasteiger partial charge in [0.15, 0.2) is 0 Å². The molecule has 0 aliphatic carbocycles. The van der Waals surface area contributed by atoms with Crippen LogP contribution in [0.2, 0.25) is 0 Å². The zero-order chi connectivity index (χ0) is 10.7. The van der Waals surface area contributed by atoms with Crippen LogP contribution < -0.4 is 10.8 Å². The molecule has 1 aromatic rings. The fraction of sp³-hybridized carbons (Fsp3) is 0.222. The number of hydrogen-bond acceptors (Lipinski definition) is 2. The van der Waals surface area contributed by atoms with Gasteiger partial charge in [-0.2, -0.15) is 0 Å². The van der Waals surface area contributed by atoms with Gasteiger partial charge < -0.3 is 15.6 Å². The van der Waals surface area contributed by atoms with E-state index in [1.165, 1.54) is 6.07 Å². The van der Waals surface area contributed by atoms with Crippen LogP contribution in [-0.4, -0.2) is 5.97 Å². The Balaban J connectivity index is 2.99. The van der Waals surface area contributed by atoms with Gasteiger partial charge in [0.25, 0.3) is 0 Å². The lowest BCUT2D eigenvalue weighted by atomic mass is 10.0. The van der Waals surface area contributed by atoms with Crippen LogP contribution in [0.4, 0.5) is 8.78 Å². The maximum atomic E-state index is 13.1. The quantitative estimate of drug-likeness (QED) is 0.708. The highest BCUT2D eigenvalue weighted by molar-refractivity contribution is 5.65. The molecular weight excluding hydrogens is 192 g/mol. The molecule has 3 N–H and O–H groups in total. The van der Waals surface area contributed by atoms with E-state index in [4.69, 9.17) is 0 Å². The van der Waals surface area contributed by atoms with Crippen molar-refractivity contribution in [3.63, 3.8) is 0 Å². The number of carboxylic acids is 1. The van der Waals surface area contributed by atoms with Gasteiger partial charge in [-0.1, -0.05) is 6.07 Å². The second-order valence-corrected chi connectivity index (χ2v) is 2.91. The number of quaternary nitrogens is 1. The first-order valence-electron chi connectivity index (χ1n) is 3.99. The summed E-state index contributed by atoms with van der Waals surface area (Å²) in [6.07, 6.45) is -0.502. The number of carbonyl (C=O) groups is 1. The van der Waals surface area contributed by atoms with Crippen molar-refractivity contribution in [2.75, 3.05) is 0 Å². The molecular formula is C9H9F2NO2. The molecule has 0 spiro atoms. The number of halogens is 2. The molecule has 1 atom stereocenters. The molecule has 1 rings (SSSR count). The minimum absolute atomic E-state index is 0.309.